The van der Waals surface area contributed by atoms with Gasteiger partial charge in [-0.2, -0.15) is 38.5 Å². The molecule has 8 aromatic rings. The second kappa shape index (κ2) is 17.4. The minimum atomic E-state index is -4.32. The molecule has 2 radical (unpaired) electrons. The summed E-state index contributed by atoms with van der Waals surface area (Å²) in [4.78, 5) is 0. The molecular weight excluding hydrogens is 809 g/mol. The Bertz CT molecular complexity index is 2230. The molecule has 0 bridgehead atoms. The normalized spacial score (nSPS) is 11.3. The van der Waals surface area contributed by atoms with Crippen molar-refractivity contribution in [2.45, 2.75) is 25.4 Å². The van der Waals surface area contributed by atoms with Gasteiger partial charge in [0.1, 0.15) is 0 Å². The zero-order valence-electron chi connectivity index (χ0n) is 27.9. The van der Waals surface area contributed by atoms with Gasteiger partial charge in [0.15, 0.2) is 0 Å². The summed E-state index contributed by atoms with van der Waals surface area (Å²) in [5.74, 6) is 0. The number of rotatable bonds is 2. The van der Waals surface area contributed by atoms with Crippen molar-refractivity contribution in [2.24, 2.45) is 0 Å². The van der Waals surface area contributed by atoms with Crippen molar-refractivity contribution < 1.29 is 47.2 Å². The Morgan fingerprint density at radius 1 is 0.462 bits per heavy atom. The fourth-order valence-corrected chi connectivity index (χ4v) is 6.19. The molecule has 0 aromatic heterocycles. The van der Waals surface area contributed by atoms with Gasteiger partial charge in [0.2, 0.25) is 0 Å². The first-order valence-electron chi connectivity index (χ1n) is 16.0. The molecule has 0 saturated heterocycles. The third-order valence-electron chi connectivity index (χ3n) is 8.32. The van der Waals surface area contributed by atoms with Crippen LogP contribution < -0.4 is 0 Å². The summed E-state index contributed by atoms with van der Waals surface area (Å²) in [5, 5.41) is 6.72. The maximum atomic E-state index is 13.0. The molecule has 0 aliphatic heterocycles. The van der Waals surface area contributed by atoms with Crippen molar-refractivity contribution in [3.05, 3.63) is 157 Å². The van der Waals surface area contributed by atoms with Crippen LogP contribution in [0, 0.1) is 0 Å². The van der Waals surface area contributed by atoms with Gasteiger partial charge in [0.25, 0.3) is 0 Å². The van der Waals surface area contributed by atoms with Crippen LogP contribution >= 0.6 is 17.0 Å². The van der Waals surface area contributed by atoms with E-state index in [1.807, 2.05) is 97.1 Å². The molecule has 8 rings (SSSR count). The SMILES string of the molecule is C[Si]C.FC(F)(F)c1cc2c(-c3cccc4ccccc34)cccc2[cH-]1.FC(F)(F)c1cc2c(-c3cccc4ccccc34)cccc2[cH-]1.[Cl][Zr+2][Cl]. The summed E-state index contributed by atoms with van der Waals surface area (Å²) in [6, 6.07) is 43.3. The molecule has 0 aliphatic rings. The number of hydrogen-bond acceptors (Lipinski definition) is 0. The van der Waals surface area contributed by atoms with E-state index in [9.17, 15) is 26.3 Å². The second-order valence-electron chi connectivity index (χ2n) is 11.7. The predicted molar refractivity (Wildman–Crippen MR) is 204 cm³/mol. The van der Waals surface area contributed by atoms with Crippen LogP contribution in [0.4, 0.5) is 26.3 Å². The zero-order valence-corrected chi connectivity index (χ0v) is 32.9. The number of alkyl halides is 6. The van der Waals surface area contributed by atoms with Crippen LogP contribution in [0.15, 0.2) is 146 Å². The number of benzene rings is 6. The summed E-state index contributed by atoms with van der Waals surface area (Å²) < 4.78 is 78.1. The summed E-state index contributed by atoms with van der Waals surface area (Å²) in [7, 11) is 11.0. The molecule has 262 valence electrons. The van der Waals surface area contributed by atoms with E-state index >= 15 is 0 Å². The van der Waals surface area contributed by atoms with Gasteiger partial charge in [-0.1, -0.05) is 121 Å². The molecule has 8 aromatic carbocycles. The van der Waals surface area contributed by atoms with Crippen molar-refractivity contribution in [1.82, 2.24) is 0 Å². The summed E-state index contributed by atoms with van der Waals surface area (Å²) >= 11 is -0.826. The van der Waals surface area contributed by atoms with Crippen LogP contribution in [-0.2, 0) is 33.2 Å². The molecule has 0 unspecified atom stereocenters. The fraction of sp³-hybridized carbons (Fsp3) is 0.0952. The van der Waals surface area contributed by atoms with Gasteiger partial charge in [-0.3, -0.25) is 0 Å². The van der Waals surface area contributed by atoms with Crippen molar-refractivity contribution in [2.75, 3.05) is 0 Å². The Balaban J connectivity index is 0.000000175. The van der Waals surface area contributed by atoms with Crippen LogP contribution in [0.3, 0.4) is 0 Å². The third kappa shape index (κ3) is 9.09. The Labute approximate surface area is 319 Å². The molecule has 0 amide bonds. The van der Waals surface area contributed by atoms with Crippen LogP contribution in [0.5, 0.6) is 0 Å². The Morgan fingerprint density at radius 3 is 1.10 bits per heavy atom. The van der Waals surface area contributed by atoms with Crippen LogP contribution in [0.25, 0.3) is 65.3 Å². The van der Waals surface area contributed by atoms with Crippen LogP contribution in [0.1, 0.15) is 11.1 Å². The number of halogens is 8. The summed E-state index contributed by atoms with van der Waals surface area (Å²) in [6.45, 7) is 4.31. The molecule has 0 saturated carbocycles. The van der Waals surface area contributed by atoms with Gasteiger partial charge in [0, 0.05) is 9.52 Å². The third-order valence-corrected chi connectivity index (χ3v) is 8.32. The van der Waals surface area contributed by atoms with E-state index in [2.05, 4.69) is 13.1 Å². The van der Waals surface area contributed by atoms with E-state index in [-0.39, 0.29) is 0 Å². The number of fused-ring (bicyclic) bond motifs is 4. The van der Waals surface area contributed by atoms with E-state index in [1.54, 1.807) is 24.3 Å². The van der Waals surface area contributed by atoms with Gasteiger partial charge in [-0.25, -0.2) is 0 Å². The van der Waals surface area contributed by atoms with E-state index in [1.165, 1.54) is 24.3 Å². The van der Waals surface area contributed by atoms with Gasteiger partial charge in [0.05, 0.1) is 0 Å². The Morgan fingerprint density at radius 2 is 0.750 bits per heavy atom. The van der Waals surface area contributed by atoms with Gasteiger partial charge < -0.3 is 0 Å². The molecule has 0 fully saturated rings. The fourth-order valence-electron chi connectivity index (χ4n) is 6.19. The first kappa shape index (κ1) is 39.5. The first-order chi connectivity index (χ1) is 24.9. The molecule has 0 N–H and O–H groups in total. The van der Waals surface area contributed by atoms with Crippen molar-refractivity contribution >= 4 is 69.6 Å². The Hall–Kier alpha value is -3.68. The first-order valence-corrected chi connectivity index (χ1v) is 24.3. The Kier molecular flexibility index (Phi) is 13.2. The molecular formula is C42H30Cl2F6SiZr. The standard InChI is InChI=1S/2C20H12F3.C2H6Si.2ClH.Zr/c2*21-20(22,23)15-11-14-7-4-10-18(19(14)12-15)17-9-3-6-13-5-1-2-8-16(13)17;1-3-2;;;/h2*1-12H;1-2H3;2*1H;/q2*-1;;;;+4/p-2. The summed E-state index contributed by atoms with van der Waals surface area (Å²) in [6.07, 6.45) is -8.65. The van der Waals surface area contributed by atoms with E-state index in [4.69, 9.17) is 17.0 Å². The van der Waals surface area contributed by atoms with E-state index in [0.29, 0.717) is 21.5 Å². The molecule has 0 spiro atoms. The van der Waals surface area contributed by atoms with Crippen molar-refractivity contribution in [3.8, 4) is 22.3 Å². The molecule has 0 nitrogen and oxygen atoms in total. The molecule has 10 heteroatoms. The maximum absolute atomic E-state index is 13.0. The quantitative estimate of drug-likeness (QED) is 0.0924. The van der Waals surface area contributed by atoms with Crippen LogP contribution in [-0.4, -0.2) is 9.52 Å². The predicted octanol–water partition coefficient (Wildman–Crippen LogP) is 15.0. The molecule has 0 atom stereocenters. The van der Waals surface area contributed by atoms with Crippen molar-refractivity contribution in [3.63, 3.8) is 0 Å². The second-order valence-corrected chi connectivity index (χ2v) is 16.5. The summed E-state index contributed by atoms with van der Waals surface area (Å²) in [5.41, 5.74) is 2.37. The number of hydrogen-bond donors (Lipinski definition) is 0. The average molecular weight is 839 g/mol. The van der Waals surface area contributed by atoms with Gasteiger partial charge in [-0.05, 0) is 43.8 Å². The average Bonchev–Trinajstić information content (AvgIpc) is 3.78. The topological polar surface area (TPSA) is 0 Å². The molecule has 0 heterocycles. The van der Waals surface area contributed by atoms with E-state index < -0.39 is 44.3 Å². The molecule has 0 aliphatic carbocycles. The monoisotopic (exact) mass is 836 g/mol. The van der Waals surface area contributed by atoms with Gasteiger partial charge in [-0.15, -0.1) is 57.9 Å². The van der Waals surface area contributed by atoms with Crippen molar-refractivity contribution in [1.29, 1.82) is 0 Å². The zero-order chi connectivity index (χ0) is 37.5. The van der Waals surface area contributed by atoms with E-state index in [0.717, 1.165) is 53.3 Å². The van der Waals surface area contributed by atoms with Crippen LogP contribution in [0.2, 0.25) is 13.1 Å². The minimum absolute atomic E-state index is 0.597. The molecule has 52 heavy (non-hydrogen) atoms. The van der Waals surface area contributed by atoms with Gasteiger partial charge >= 0.3 is 50.2 Å².